The summed E-state index contributed by atoms with van der Waals surface area (Å²) in [6, 6.07) is 1.75. The van der Waals surface area contributed by atoms with E-state index in [0.29, 0.717) is 17.2 Å². The first-order valence-electron chi connectivity index (χ1n) is 5.35. The fourth-order valence-electron chi connectivity index (χ4n) is 1.59. The van der Waals surface area contributed by atoms with Gasteiger partial charge in [0, 0.05) is 10.4 Å². The first kappa shape index (κ1) is 13.0. The number of esters is 1. The van der Waals surface area contributed by atoms with Gasteiger partial charge in [-0.1, -0.05) is 0 Å². The van der Waals surface area contributed by atoms with Gasteiger partial charge in [0.05, 0.1) is 18.6 Å². The zero-order chi connectivity index (χ0) is 13.3. The Bertz CT molecular complexity index is 588. The lowest BCUT2D eigenvalue weighted by Gasteiger charge is -1.99. The Labute approximate surface area is 113 Å². The molecule has 0 saturated carbocycles. The Morgan fingerprint density at radius 1 is 1.61 bits per heavy atom. The third-order valence-corrected chi connectivity index (χ3v) is 4.13. The lowest BCUT2D eigenvalue weighted by Crippen LogP contribution is -2.05. The second-order valence-corrected chi connectivity index (χ2v) is 4.99. The molecule has 0 aliphatic rings. The van der Waals surface area contributed by atoms with Crippen LogP contribution in [0.4, 0.5) is 5.69 Å². The Balaban J connectivity index is 2.49. The van der Waals surface area contributed by atoms with Crippen molar-refractivity contribution in [2.24, 2.45) is 0 Å². The van der Waals surface area contributed by atoms with E-state index in [2.05, 4.69) is 0 Å². The SMILES string of the molecule is CCOC(=O)c1sc(-c2ccoc2Cl)c(C)c1N. The molecule has 0 aliphatic heterocycles. The van der Waals surface area contributed by atoms with Gasteiger partial charge in [-0.15, -0.1) is 11.3 Å². The predicted molar refractivity (Wildman–Crippen MR) is 72.1 cm³/mol. The van der Waals surface area contributed by atoms with Crippen LogP contribution in [0.1, 0.15) is 22.2 Å². The van der Waals surface area contributed by atoms with Gasteiger partial charge >= 0.3 is 5.97 Å². The summed E-state index contributed by atoms with van der Waals surface area (Å²) in [5, 5.41) is 0.287. The fourth-order valence-corrected chi connectivity index (χ4v) is 3.00. The summed E-state index contributed by atoms with van der Waals surface area (Å²) in [5.41, 5.74) is 7.91. The van der Waals surface area contributed by atoms with E-state index in [9.17, 15) is 4.79 Å². The standard InChI is InChI=1S/C12H12ClNO3S/c1-3-16-12(15)10-8(14)6(2)9(18-10)7-4-5-17-11(7)13/h4-5H,3,14H2,1-2H3. The Kier molecular flexibility index (Phi) is 3.63. The summed E-state index contributed by atoms with van der Waals surface area (Å²) >= 11 is 7.19. The minimum absolute atomic E-state index is 0.287. The number of halogens is 1. The summed E-state index contributed by atoms with van der Waals surface area (Å²) in [6.07, 6.45) is 1.50. The van der Waals surface area contributed by atoms with Gasteiger partial charge in [-0.2, -0.15) is 0 Å². The van der Waals surface area contributed by atoms with Crippen LogP contribution in [0.5, 0.6) is 0 Å². The minimum Gasteiger partial charge on any atom is -0.462 e. The highest BCUT2D eigenvalue weighted by atomic mass is 35.5. The second-order valence-electron chi connectivity index (χ2n) is 3.63. The number of carbonyl (C=O) groups excluding carboxylic acids is 1. The van der Waals surface area contributed by atoms with Gasteiger partial charge in [0.25, 0.3) is 0 Å². The number of anilines is 1. The summed E-state index contributed by atoms with van der Waals surface area (Å²) in [4.78, 5) is 13.0. The van der Waals surface area contributed by atoms with E-state index in [1.54, 1.807) is 13.0 Å². The molecule has 0 spiro atoms. The van der Waals surface area contributed by atoms with Crippen molar-refractivity contribution in [2.45, 2.75) is 13.8 Å². The molecule has 0 aliphatic carbocycles. The van der Waals surface area contributed by atoms with Crippen LogP contribution in [0.15, 0.2) is 16.7 Å². The van der Waals surface area contributed by atoms with E-state index in [0.717, 1.165) is 16.0 Å². The van der Waals surface area contributed by atoms with Crippen LogP contribution in [-0.2, 0) is 4.74 Å². The van der Waals surface area contributed by atoms with Crippen molar-refractivity contribution in [3.05, 3.63) is 28.0 Å². The van der Waals surface area contributed by atoms with Crippen molar-refractivity contribution >= 4 is 34.6 Å². The molecular weight excluding hydrogens is 274 g/mol. The highest BCUT2D eigenvalue weighted by Crippen LogP contribution is 2.41. The van der Waals surface area contributed by atoms with E-state index in [4.69, 9.17) is 26.5 Å². The van der Waals surface area contributed by atoms with Gasteiger partial charge in [-0.25, -0.2) is 4.79 Å². The number of nitrogens with two attached hydrogens (primary N) is 1. The molecule has 0 radical (unpaired) electrons. The van der Waals surface area contributed by atoms with Crippen molar-refractivity contribution in [1.29, 1.82) is 0 Å². The van der Waals surface area contributed by atoms with Crippen LogP contribution in [0, 0.1) is 6.92 Å². The molecule has 4 nitrogen and oxygen atoms in total. The fraction of sp³-hybridized carbons (Fsp3) is 0.250. The number of nitrogen functional groups attached to an aromatic ring is 1. The predicted octanol–water partition coefficient (Wildman–Crippen LogP) is 3.73. The maximum Gasteiger partial charge on any atom is 0.350 e. The van der Waals surface area contributed by atoms with Gasteiger partial charge in [-0.3, -0.25) is 0 Å². The average Bonchev–Trinajstić information content (AvgIpc) is 2.86. The van der Waals surface area contributed by atoms with E-state index in [1.165, 1.54) is 17.6 Å². The van der Waals surface area contributed by atoms with Crippen molar-refractivity contribution in [2.75, 3.05) is 12.3 Å². The molecule has 96 valence electrons. The first-order chi connectivity index (χ1) is 8.56. The number of ether oxygens (including phenoxy) is 1. The molecule has 0 unspecified atom stereocenters. The minimum atomic E-state index is -0.408. The van der Waals surface area contributed by atoms with Gasteiger partial charge in [-0.05, 0) is 37.1 Å². The van der Waals surface area contributed by atoms with Crippen molar-refractivity contribution in [3.8, 4) is 10.4 Å². The van der Waals surface area contributed by atoms with Crippen LogP contribution in [0.25, 0.3) is 10.4 Å². The average molecular weight is 286 g/mol. The largest absolute Gasteiger partial charge is 0.462 e. The van der Waals surface area contributed by atoms with E-state index < -0.39 is 5.97 Å². The van der Waals surface area contributed by atoms with Crippen molar-refractivity contribution < 1.29 is 13.9 Å². The van der Waals surface area contributed by atoms with Crippen LogP contribution in [0.2, 0.25) is 5.22 Å². The van der Waals surface area contributed by atoms with Gasteiger partial charge in [0.2, 0.25) is 5.22 Å². The molecule has 2 aromatic rings. The molecule has 2 aromatic heterocycles. The molecule has 0 saturated heterocycles. The molecule has 0 amide bonds. The maximum absolute atomic E-state index is 11.7. The Hall–Kier alpha value is -1.46. The van der Waals surface area contributed by atoms with E-state index >= 15 is 0 Å². The van der Waals surface area contributed by atoms with Gasteiger partial charge in [0.15, 0.2) is 0 Å². The lowest BCUT2D eigenvalue weighted by molar-refractivity contribution is 0.0533. The third-order valence-electron chi connectivity index (χ3n) is 2.52. The van der Waals surface area contributed by atoms with Crippen LogP contribution in [0.3, 0.4) is 0 Å². The number of thiophene rings is 1. The van der Waals surface area contributed by atoms with E-state index in [-0.39, 0.29) is 5.22 Å². The molecule has 0 bridgehead atoms. The lowest BCUT2D eigenvalue weighted by atomic mass is 10.1. The second kappa shape index (κ2) is 5.04. The van der Waals surface area contributed by atoms with E-state index in [1.807, 2.05) is 6.92 Å². The quantitative estimate of drug-likeness (QED) is 0.873. The first-order valence-corrected chi connectivity index (χ1v) is 6.55. The number of hydrogen-bond donors (Lipinski definition) is 1. The molecule has 0 fully saturated rings. The number of rotatable bonds is 3. The highest BCUT2D eigenvalue weighted by molar-refractivity contribution is 7.18. The summed E-state index contributed by atoms with van der Waals surface area (Å²) in [7, 11) is 0. The van der Waals surface area contributed by atoms with Crippen LogP contribution in [-0.4, -0.2) is 12.6 Å². The molecule has 0 aromatic carbocycles. The number of hydrogen-bond acceptors (Lipinski definition) is 5. The van der Waals surface area contributed by atoms with Crippen molar-refractivity contribution in [1.82, 2.24) is 0 Å². The number of furan rings is 1. The normalized spacial score (nSPS) is 10.6. The van der Waals surface area contributed by atoms with Crippen LogP contribution < -0.4 is 5.73 Å². The topological polar surface area (TPSA) is 65.5 Å². The molecule has 2 heterocycles. The molecule has 6 heteroatoms. The molecule has 18 heavy (non-hydrogen) atoms. The smallest absolute Gasteiger partial charge is 0.350 e. The summed E-state index contributed by atoms with van der Waals surface area (Å²) in [5.74, 6) is -0.408. The Morgan fingerprint density at radius 3 is 2.89 bits per heavy atom. The molecule has 2 N–H and O–H groups in total. The maximum atomic E-state index is 11.7. The van der Waals surface area contributed by atoms with Crippen molar-refractivity contribution in [3.63, 3.8) is 0 Å². The van der Waals surface area contributed by atoms with Gasteiger partial charge < -0.3 is 14.9 Å². The zero-order valence-electron chi connectivity index (χ0n) is 9.95. The highest BCUT2D eigenvalue weighted by Gasteiger charge is 2.22. The molecular formula is C12H12ClNO3S. The zero-order valence-corrected chi connectivity index (χ0v) is 11.5. The third kappa shape index (κ3) is 2.11. The summed E-state index contributed by atoms with van der Waals surface area (Å²) in [6.45, 7) is 3.91. The molecule has 2 rings (SSSR count). The van der Waals surface area contributed by atoms with Crippen LogP contribution >= 0.6 is 22.9 Å². The number of carbonyl (C=O) groups is 1. The molecule has 0 atom stereocenters. The summed E-state index contributed by atoms with van der Waals surface area (Å²) < 4.78 is 10.0. The Morgan fingerprint density at radius 2 is 2.33 bits per heavy atom. The monoisotopic (exact) mass is 285 g/mol. The van der Waals surface area contributed by atoms with Gasteiger partial charge in [0.1, 0.15) is 4.88 Å².